The van der Waals surface area contributed by atoms with Gasteiger partial charge in [-0.1, -0.05) is 6.92 Å². The zero-order chi connectivity index (χ0) is 23.0. The number of rotatable bonds is 8. The number of hydrogen-bond acceptors (Lipinski definition) is 3. The van der Waals surface area contributed by atoms with Gasteiger partial charge in [-0.05, 0) is 38.3 Å². The lowest BCUT2D eigenvalue weighted by atomic mass is 10.1. The topological polar surface area (TPSA) is 64.7 Å². The van der Waals surface area contributed by atoms with Crippen molar-refractivity contribution in [2.24, 2.45) is 5.92 Å². The molecule has 6 nitrogen and oxygen atoms in total. The van der Waals surface area contributed by atoms with Crippen molar-refractivity contribution in [1.29, 1.82) is 0 Å². The van der Waals surface area contributed by atoms with Gasteiger partial charge in [0.1, 0.15) is 0 Å². The maximum absolute atomic E-state index is 12.9. The van der Waals surface area contributed by atoms with Gasteiger partial charge in [-0.2, -0.15) is 36.5 Å². The average molecular weight is 451 g/mol. The second-order valence-electron chi connectivity index (χ2n) is 7.85. The molecule has 2 heterocycles. The Morgan fingerprint density at radius 1 is 1.10 bits per heavy atom. The van der Waals surface area contributed by atoms with Crippen molar-refractivity contribution in [2.75, 3.05) is 6.54 Å². The van der Waals surface area contributed by atoms with E-state index in [-0.39, 0.29) is 31.5 Å². The Morgan fingerprint density at radius 3 is 2.23 bits per heavy atom. The molecule has 1 fully saturated rings. The minimum atomic E-state index is -4.56. The first kappa shape index (κ1) is 23.1. The molecule has 172 valence electrons. The van der Waals surface area contributed by atoms with E-state index in [0.29, 0.717) is 17.8 Å². The monoisotopic (exact) mass is 451 g/mol. The molecule has 3 rings (SSSR count). The maximum atomic E-state index is 12.9. The molecule has 2 aromatic heterocycles. The highest BCUT2D eigenvalue weighted by Gasteiger charge is 2.38. The van der Waals surface area contributed by atoms with E-state index in [0.717, 1.165) is 29.7 Å². The Kier molecular flexibility index (Phi) is 6.38. The highest BCUT2D eigenvalue weighted by atomic mass is 19.4. The first-order valence-corrected chi connectivity index (χ1v) is 9.90. The molecule has 31 heavy (non-hydrogen) atoms. The standard InChI is InChI=1S/C19H23F6N5O/c1-11(10-30-12(2)8-15(28-30)18(20,21)22)17(31)26-6-3-7-29-14(13-4-5-13)9-16(27-29)19(23,24)25/h8-9,11,13H,3-7,10H2,1-2H3,(H,26,31). The van der Waals surface area contributed by atoms with Crippen LogP contribution in [0.2, 0.25) is 0 Å². The Balaban J connectivity index is 1.49. The Hall–Kier alpha value is -2.53. The maximum Gasteiger partial charge on any atom is 0.435 e. The van der Waals surface area contributed by atoms with E-state index in [4.69, 9.17) is 0 Å². The molecule has 0 aliphatic heterocycles. The molecule has 0 aromatic carbocycles. The van der Waals surface area contributed by atoms with E-state index < -0.39 is 29.7 Å². The van der Waals surface area contributed by atoms with Gasteiger partial charge in [0.15, 0.2) is 11.4 Å². The summed E-state index contributed by atoms with van der Waals surface area (Å²) in [6, 6.07) is 2.00. The molecule has 1 saturated carbocycles. The fraction of sp³-hybridized carbons (Fsp3) is 0.632. The first-order valence-electron chi connectivity index (χ1n) is 9.90. The molecule has 1 aliphatic rings. The van der Waals surface area contributed by atoms with Gasteiger partial charge in [-0.15, -0.1) is 0 Å². The number of alkyl halides is 6. The zero-order valence-electron chi connectivity index (χ0n) is 17.0. The smallest absolute Gasteiger partial charge is 0.356 e. The van der Waals surface area contributed by atoms with E-state index >= 15 is 0 Å². The lowest BCUT2D eigenvalue weighted by Gasteiger charge is -2.14. The van der Waals surface area contributed by atoms with Crippen LogP contribution < -0.4 is 5.32 Å². The molecular formula is C19H23F6N5O. The molecule has 1 unspecified atom stereocenters. The summed E-state index contributed by atoms with van der Waals surface area (Å²) in [7, 11) is 0. The summed E-state index contributed by atoms with van der Waals surface area (Å²) < 4.78 is 79.5. The van der Waals surface area contributed by atoms with Gasteiger partial charge in [-0.25, -0.2) is 0 Å². The lowest BCUT2D eigenvalue weighted by Crippen LogP contribution is -2.33. The summed E-state index contributed by atoms with van der Waals surface area (Å²) in [6.45, 7) is 3.46. The van der Waals surface area contributed by atoms with Crippen molar-refractivity contribution in [3.8, 4) is 0 Å². The predicted octanol–water partition coefficient (Wildman–Crippen LogP) is 4.15. The van der Waals surface area contributed by atoms with Gasteiger partial charge in [-0.3, -0.25) is 14.2 Å². The number of aryl methyl sites for hydroxylation is 2. The summed E-state index contributed by atoms with van der Waals surface area (Å²) in [5, 5.41) is 9.82. The lowest BCUT2D eigenvalue weighted by molar-refractivity contribution is -0.142. The summed E-state index contributed by atoms with van der Waals surface area (Å²) in [4.78, 5) is 12.2. The highest BCUT2D eigenvalue weighted by molar-refractivity contribution is 5.78. The summed E-state index contributed by atoms with van der Waals surface area (Å²) in [5.74, 6) is -0.914. The average Bonchev–Trinajstić information content (AvgIpc) is 3.29. The van der Waals surface area contributed by atoms with Crippen LogP contribution in [-0.4, -0.2) is 32.0 Å². The third kappa shape index (κ3) is 5.79. The largest absolute Gasteiger partial charge is 0.435 e. The molecule has 1 amide bonds. The van der Waals surface area contributed by atoms with E-state index in [1.165, 1.54) is 11.6 Å². The Morgan fingerprint density at radius 2 is 1.68 bits per heavy atom. The van der Waals surface area contributed by atoms with Crippen molar-refractivity contribution in [2.45, 2.75) is 64.5 Å². The van der Waals surface area contributed by atoms with Crippen LogP contribution >= 0.6 is 0 Å². The number of nitrogens with zero attached hydrogens (tertiary/aromatic N) is 4. The van der Waals surface area contributed by atoms with Gasteiger partial charge in [0, 0.05) is 30.4 Å². The molecular weight excluding hydrogens is 428 g/mol. The van der Waals surface area contributed by atoms with Crippen molar-refractivity contribution < 1.29 is 31.1 Å². The van der Waals surface area contributed by atoms with Crippen LogP contribution in [0.3, 0.4) is 0 Å². The third-order valence-electron chi connectivity index (χ3n) is 5.11. The quantitative estimate of drug-likeness (QED) is 0.485. The Labute approximate surface area is 174 Å². The van der Waals surface area contributed by atoms with Crippen LogP contribution in [0.25, 0.3) is 0 Å². The number of carbonyl (C=O) groups is 1. The minimum absolute atomic E-state index is 0.0202. The van der Waals surface area contributed by atoms with Gasteiger partial charge in [0.2, 0.25) is 5.91 Å². The highest BCUT2D eigenvalue weighted by Crippen LogP contribution is 2.42. The molecule has 1 aliphatic carbocycles. The van der Waals surface area contributed by atoms with E-state index in [9.17, 15) is 31.1 Å². The van der Waals surface area contributed by atoms with Crippen LogP contribution in [0.5, 0.6) is 0 Å². The van der Waals surface area contributed by atoms with Gasteiger partial charge in [0.25, 0.3) is 0 Å². The van der Waals surface area contributed by atoms with Crippen LogP contribution in [0.1, 0.15) is 54.9 Å². The van der Waals surface area contributed by atoms with Gasteiger partial charge >= 0.3 is 12.4 Å². The van der Waals surface area contributed by atoms with E-state index in [2.05, 4.69) is 15.5 Å². The van der Waals surface area contributed by atoms with E-state index in [1.807, 2.05) is 0 Å². The van der Waals surface area contributed by atoms with Gasteiger partial charge < -0.3 is 5.32 Å². The van der Waals surface area contributed by atoms with Crippen LogP contribution in [0, 0.1) is 12.8 Å². The number of halogens is 6. The molecule has 0 radical (unpaired) electrons. The zero-order valence-corrected chi connectivity index (χ0v) is 17.0. The molecule has 1 N–H and O–H groups in total. The Bertz CT molecular complexity index is 925. The summed E-state index contributed by atoms with van der Waals surface area (Å²) in [6.07, 6.45) is -7.02. The molecule has 12 heteroatoms. The number of nitrogens with one attached hydrogen (secondary N) is 1. The van der Waals surface area contributed by atoms with Crippen molar-refractivity contribution >= 4 is 5.91 Å². The third-order valence-corrected chi connectivity index (χ3v) is 5.11. The fourth-order valence-electron chi connectivity index (χ4n) is 3.25. The second-order valence-corrected chi connectivity index (χ2v) is 7.85. The van der Waals surface area contributed by atoms with Crippen LogP contribution in [-0.2, 0) is 30.2 Å². The normalized spacial score (nSPS) is 15.9. The minimum Gasteiger partial charge on any atom is -0.356 e. The molecule has 0 saturated heterocycles. The van der Waals surface area contributed by atoms with Crippen molar-refractivity contribution in [1.82, 2.24) is 24.9 Å². The first-order chi connectivity index (χ1) is 14.4. The fourth-order valence-corrected chi connectivity index (χ4v) is 3.25. The summed E-state index contributed by atoms with van der Waals surface area (Å²) in [5.41, 5.74) is -1.08. The van der Waals surface area contributed by atoms with E-state index in [1.54, 1.807) is 6.92 Å². The number of carbonyl (C=O) groups excluding carboxylic acids is 1. The number of aromatic nitrogens is 4. The SMILES string of the molecule is Cc1cc(C(F)(F)F)nn1CC(C)C(=O)NCCCn1nc(C(F)(F)F)cc1C1CC1. The molecule has 0 spiro atoms. The molecule has 0 bridgehead atoms. The summed E-state index contributed by atoms with van der Waals surface area (Å²) >= 11 is 0. The molecule has 2 aromatic rings. The number of amides is 1. The second kappa shape index (κ2) is 8.54. The van der Waals surface area contributed by atoms with Crippen LogP contribution in [0.15, 0.2) is 12.1 Å². The van der Waals surface area contributed by atoms with Gasteiger partial charge in [0.05, 0.1) is 12.5 Å². The predicted molar refractivity (Wildman–Crippen MR) is 98.0 cm³/mol. The molecule has 1 atom stereocenters. The van der Waals surface area contributed by atoms with Crippen LogP contribution in [0.4, 0.5) is 26.3 Å². The van der Waals surface area contributed by atoms with Crippen molar-refractivity contribution in [3.05, 3.63) is 34.9 Å². The van der Waals surface area contributed by atoms with Crippen molar-refractivity contribution in [3.63, 3.8) is 0 Å². The number of hydrogen-bond donors (Lipinski definition) is 1.